The fourth-order valence-electron chi connectivity index (χ4n) is 2.46. The number of hydrogen-bond donors (Lipinski definition) is 1. The lowest BCUT2D eigenvalue weighted by Crippen LogP contribution is -2.33. The van der Waals surface area contributed by atoms with Crippen LogP contribution >= 0.6 is 11.8 Å². The number of benzene rings is 1. The molecular formula is C16H21FN2S. The maximum Gasteiger partial charge on any atom is 0.123 e. The lowest BCUT2D eigenvalue weighted by Gasteiger charge is -2.31. The summed E-state index contributed by atoms with van der Waals surface area (Å²) in [5.41, 5.74) is 1.17. The Kier molecular flexibility index (Phi) is 5.06. The van der Waals surface area contributed by atoms with Crippen LogP contribution in [0.25, 0.3) is 0 Å². The molecular weight excluding hydrogens is 271 g/mol. The summed E-state index contributed by atoms with van der Waals surface area (Å²) >= 11 is 1.80. The van der Waals surface area contributed by atoms with Gasteiger partial charge in [0, 0.05) is 23.9 Å². The van der Waals surface area contributed by atoms with E-state index >= 15 is 0 Å². The van der Waals surface area contributed by atoms with E-state index < -0.39 is 0 Å². The Morgan fingerprint density at radius 1 is 1.50 bits per heavy atom. The van der Waals surface area contributed by atoms with E-state index in [9.17, 15) is 4.39 Å². The van der Waals surface area contributed by atoms with Gasteiger partial charge >= 0.3 is 0 Å². The molecule has 1 atom stereocenters. The summed E-state index contributed by atoms with van der Waals surface area (Å²) in [5.74, 6) is 0.899. The zero-order valence-corrected chi connectivity index (χ0v) is 12.9. The molecule has 1 unspecified atom stereocenters. The summed E-state index contributed by atoms with van der Waals surface area (Å²) < 4.78 is 13.4. The predicted octanol–water partition coefficient (Wildman–Crippen LogP) is 4.28. The minimum Gasteiger partial charge on any atom is -0.309 e. The minimum atomic E-state index is -0.165. The van der Waals surface area contributed by atoms with Crippen molar-refractivity contribution >= 4 is 11.8 Å². The monoisotopic (exact) mass is 292 g/mol. The number of halogens is 1. The van der Waals surface area contributed by atoms with Crippen LogP contribution in [-0.2, 0) is 0 Å². The molecule has 0 saturated heterocycles. The summed E-state index contributed by atoms with van der Waals surface area (Å²) in [4.78, 5) is 1.19. The van der Waals surface area contributed by atoms with Gasteiger partial charge in [-0.2, -0.15) is 5.26 Å². The standard InChI is InChI=1S/C16H21FN2S/c1-16(2,7-3-8-18)11-19-14-6-9-20-15-5-4-12(17)10-13(14)15/h4-5,10,14,19H,3,6-7,9,11H2,1-2H3. The van der Waals surface area contributed by atoms with Crippen molar-refractivity contribution in [2.24, 2.45) is 5.41 Å². The molecule has 0 radical (unpaired) electrons. The third kappa shape index (κ3) is 3.97. The van der Waals surface area contributed by atoms with Crippen LogP contribution in [-0.4, -0.2) is 12.3 Å². The second-order valence-corrected chi connectivity index (χ2v) is 7.21. The van der Waals surface area contributed by atoms with Gasteiger partial charge in [-0.25, -0.2) is 4.39 Å². The van der Waals surface area contributed by atoms with Crippen molar-refractivity contribution in [3.8, 4) is 6.07 Å². The van der Waals surface area contributed by atoms with Gasteiger partial charge in [0.1, 0.15) is 5.82 Å². The summed E-state index contributed by atoms with van der Waals surface area (Å²) in [6, 6.07) is 7.50. The van der Waals surface area contributed by atoms with Gasteiger partial charge in [-0.05, 0) is 47.8 Å². The summed E-state index contributed by atoms with van der Waals surface area (Å²) in [6.07, 6.45) is 2.49. The fraction of sp³-hybridized carbons (Fsp3) is 0.562. The van der Waals surface area contributed by atoms with Crippen LogP contribution in [0.5, 0.6) is 0 Å². The number of nitrogens with one attached hydrogen (secondary N) is 1. The van der Waals surface area contributed by atoms with Gasteiger partial charge in [-0.15, -0.1) is 11.8 Å². The van der Waals surface area contributed by atoms with E-state index in [-0.39, 0.29) is 17.3 Å². The molecule has 1 aliphatic rings. The topological polar surface area (TPSA) is 35.8 Å². The first-order valence-electron chi connectivity index (χ1n) is 7.04. The second-order valence-electron chi connectivity index (χ2n) is 6.08. The summed E-state index contributed by atoms with van der Waals surface area (Å²) in [6.45, 7) is 5.18. The molecule has 0 amide bonds. The molecule has 0 fully saturated rings. The molecule has 1 aromatic rings. The number of thioether (sulfide) groups is 1. The smallest absolute Gasteiger partial charge is 0.123 e. The van der Waals surface area contributed by atoms with Gasteiger partial charge in [0.05, 0.1) is 6.07 Å². The molecule has 0 aliphatic carbocycles. The third-order valence-electron chi connectivity index (χ3n) is 3.75. The van der Waals surface area contributed by atoms with Gasteiger partial charge in [0.25, 0.3) is 0 Å². The average Bonchev–Trinajstić information content (AvgIpc) is 2.43. The van der Waals surface area contributed by atoms with Crippen molar-refractivity contribution in [3.63, 3.8) is 0 Å². The van der Waals surface area contributed by atoms with Crippen LogP contribution in [0.2, 0.25) is 0 Å². The lowest BCUT2D eigenvalue weighted by atomic mass is 9.87. The van der Waals surface area contributed by atoms with Crippen LogP contribution in [0, 0.1) is 22.6 Å². The number of rotatable bonds is 5. The van der Waals surface area contributed by atoms with Gasteiger partial charge in [-0.1, -0.05) is 13.8 Å². The van der Waals surface area contributed by atoms with E-state index in [4.69, 9.17) is 5.26 Å². The summed E-state index contributed by atoms with van der Waals surface area (Å²) in [7, 11) is 0. The molecule has 1 N–H and O–H groups in total. The maximum absolute atomic E-state index is 13.4. The van der Waals surface area contributed by atoms with Crippen molar-refractivity contribution in [3.05, 3.63) is 29.6 Å². The number of hydrogen-bond acceptors (Lipinski definition) is 3. The van der Waals surface area contributed by atoms with Gasteiger partial charge in [-0.3, -0.25) is 0 Å². The van der Waals surface area contributed by atoms with Gasteiger partial charge < -0.3 is 5.32 Å². The normalized spacial score (nSPS) is 18.4. The molecule has 2 nitrogen and oxygen atoms in total. The highest BCUT2D eigenvalue weighted by Gasteiger charge is 2.24. The van der Waals surface area contributed by atoms with E-state index in [1.165, 1.54) is 11.0 Å². The predicted molar refractivity (Wildman–Crippen MR) is 81.1 cm³/mol. The van der Waals surface area contributed by atoms with Gasteiger partial charge in [0.2, 0.25) is 0 Å². The van der Waals surface area contributed by atoms with Crippen molar-refractivity contribution in [2.45, 2.75) is 44.0 Å². The Bertz CT molecular complexity index is 508. The highest BCUT2D eigenvalue weighted by Crippen LogP contribution is 2.37. The largest absolute Gasteiger partial charge is 0.309 e. The van der Waals surface area contributed by atoms with Crippen LogP contribution in [0.4, 0.5) is 4.39 Å². The molecule has 1 aliphatic heterocycles. The molecule has 1 heterocycles. The average molecular weight is 292 g/mol. The van der Waals surface area contributed by atoms with Crippen LogP contribution < -0.4 is 5.32 Å². The van der Waals surface area contributed by atoms with Crippen molar-refractivity contribution < 1.29 is 4.39 Å². The Morgan fingerprint density at radius 3 is 3.05 bits per heavy atom. The van der Waals surface area contributed by atoms with Crippen LogP contribution in [0.1, 0.15) is 44.7 Å². The SMILES string of the molecule is CC(C)(CCC#N)CNC1CCSc2ccc(F)cc21. The van der Waals surface area contributed by atoms with E-state index in [0.717, 1.165) is 30.7 Å². The molecule has 0 aromatic heterocycles. The second kappa shape index (κ2) is 6.60. The van der Waals surface area contributed by atoms with E-state index in [1.54, 1.807) is 17.8 Å². The number of fused-ring (bicyclic) bond motifs is 1. The fourth-order valence-corrected chi connectivity index (χ4v) is 3.57. The van der Waals surface area contributed by atoms with E-state index in [2.05, 4.69) is 25.2 Å². The summed E-state index contributed by atoms with van der Waals surface area (Å²) in [5, 5.41) is 12.3. The molecule has 0 bridgehead atoms. The number of nitrogens with zero attached hydrogens (tertiary/aromatic N) is 1. The first-order chi connectivity index (χ1) is 9.52. The van der Waals surface area contributed by atoms with Gasteiger partial charge in [0.15, 0.2) is 0 Å². The third-order valence-corrected chi connectivity index (χ3v) is 4.87. The molecule has 20 heavy (non-hydrogen) atoms. The van der Waals surface area contributed by atoms with E-state index in [1.807, 2.05) is 6.07 Å². The quantitative estimate of drug-likeness (QED) is 0.879. The van der Waals surface area contributed by atoms with Crippen LogP contribution in [0.15, 0.2) is 23.1 Å². The lowest BCUT2D eigenvalue weighted by molar-refractivity contribution is 0.297. The zero-order chi connectivity index (χ0) is 14.6. The molecule has 108 valence electrons. The number of nitriles is 1. The zero-order valence-electron chi connectivity index (χ0n) is 12.1. The highest BCUT2D eigenvalue weighted by molar-refractivity contribution is 7.99. The van der Waals surface area contributed by atoms with Crippen molar-refractivity contribution in [1.29, 1.82) is 5.26 Å². The Labute approximate surface area is 124 Å². The minimum absolute atomic E-state index is 0.0911. The Hall–Kier alpha value is -1.05. The molecule has 1 aromatic carbocycles. The molecule has 0 spiro atoms. The molecule has 0 saturated carbocycles. The highest BCUT2D eigenvalue weighted by atomic mass is 32.2. The Morgan fingerprint density at radius 2 is 2.30 bits per heavy atom. The van der Waals surface area contributed by atoms with Crippen molar-refractivity contribution in [1.82, 2.24) is 5.32 Å². The molecule has 2 rings (SSSR count). The van der Waals surface area contributed by atoms with E-state index in [0.29, 0.717) is 6.42 Å². The van der Waals surface area contributed by atoms with Crippen molar-refractivity contribution in [2.75, 3.05) is 12.3 Å². The first-order valence-corrected chi connectivity index (χ1v) is 8.03. The first kappa shape index (κ1) is 15.3. The Balaban J connectivity index is 2.02. The maximum atomic E-state index is 13.4. The van der Waals surface area contributed by atoms with Crippen LogP contribution in [0.3, 0.4) is 0 Å². The molecule has 4 heteroatoms.